The van der Waals surface area contributed by atoms with Gasteiger partial charge in [0.25, 0.3) is 0 Å². The smallest absolute Gasteiger partial charge is 0.336 e. The Hall–Kier alpha value is -3.40. The highest BCUT2D eigenvalue weighted by molar-refractivity contribution is 7.89. The SMILES string of the molecule is CC#CCOc1ccc(C[C@H](NC(=O)[C@@H](C=CCCCCCCS(=O)(=O)NCCCCCC)[C@@](O)(CCC)C(=O)O)C(=O)OC)cc1. The van der Waals surface area contributed by atoms with E-state index in [0.717, 1.165) is 32.1 Å². The number of aliphatic carboxylic acids is 1. The molecule has 47 heavy (non-hydrogen) atoms. The highest BCUT2D eigenvalue weighted by atomic mass is 32.2. The van der Waals surface area contributed by atoms with E-state index in [1.165, 1.54) is 13.2 Å². The normalized spacial score (nSPS) is 14.0. The minimum absolute atomic E-state index is 0.0628. The average molecular weight is 679 g/mol. The summed E-state index contributed by atoms with van der Waals surface area (Å²) < 4.78 is 37.4. The number of hydrogen-bond acceptors (Lipinski definition) is 8. The lowest BCUT2D eigenvalue weighted by Gasteiger charge is -2.30. The molecule has 0 spiro atoms. The predicted octanol–water partition coefficient (Wildman–Crippen LogP) is 4.53. The Morgan fingerprint density at radius 1 is 1.00 bits per heavy atom. The maximum absolute atomic E-state index is 13.5. The fraction of sp³-hybridized carbons (Fsp3) is 0.629. The molecule has 264 valence electrons. The van der Waals surface area contributed by atoms with E-state index in [9.17, 15) is 33.0 Å². The molecule has 0 aliphatic carbocycles. The van der Waals surface area contributed by atoms with Crippen molar-refractivity contribution in [1.29, 1.82) is 0 Å². The Morgan fingerprint density at radius 2 is 1.68 bits per heavy atom. The standard InChI is InChI=1S/C35H54N2O9S/c1-5-8-10-16-24-36-47(43,44)26-17-14-12-11-13-15-18-30(35(42,23-7-3)34(40)41)32(38)37-31(33(39)45-4)27-28-19-21-29(22-20-28)46-25-9-6-2/h15,18-22,30-31,36,42H,5,7-8,10-14,16-17,23-27H2,1-4H3,(H,37,38)(H,40,41)/t30-,31+,35+/m1/s1. The van der Waals surface area contributed by atoms with Crippen molar-refractivity contribution in [3.63, 3.8) is 0 Å². The summed E-state index contributed by atoms with van der Waals surface area (Å²) in [5.74, 6) is 1.64. The molecule has 4 N–H and O–H groups in total. The number of ether oxygens (including phenoxy) is 2. The molecule has 0 aromatic heterocycles. The summed E-state index contributed by atoms with van der Waals surface area (Å²) in [4.78, 5) is 38.4. The number of carboxylic acid groups (broad SMARTS) is 1. The van der Waals surface area contributed by atoms with Crippen molar-refractivity contribution < 1.29 is 42.5 Å². The molecule has 12 heteroatoms. The van der Waals surface area contributed by atoms with Gasteiger partial charge in [0, 0.05) is 13.0 Å². The van der Waals surface area contributed by atoms with Gasteiger partial charge < -0.3 is 25.0 Å². The Balaban J connectivity index is 2.85. The van der Waals surface area contributed by atoms with Crippen LogP contribution in [0.3, 0.4) is 0 Å². The fourth-order valence-electron chi connectivity index (χ4n) is 4.98. The number of benzene rings is 1. The number of nitrogens with one attached hydrogen (secondary N) is 2. The number of carbonyl (C=O) groups excluding carboxylic acids is 2. The molecule has 0 aliphatic heterocycles. The largest absolute Gasteiger partial charge is 0.481 e. The van der Waals surface area contributed by atoms with Crippen LogP contribution < -0.4 is 14.8 Å². The van der Waals surface area contributed by atoms with Crippen LogP contribution in [0.25, 0.3) is 0 Å². The molecule has 1 aromatic carbocycles. The summed E-state index contributed by atoms with van der Waals surface area (Å²) in [6.07, 6.45) is 10.4. The summed E-state index contributed by atoms with van der Waals surface area (Å²) >= 11 is 0. The van der Waals surface area contributed by atoms with Crippen molar-refractivity contribution in [1.82, 2.24) is 10.0 Å². The van der Waals surface area contributed by atoms with Crippen LogP contribution in [0.4, 0.5) is 0 Å². The van der Waals surface area contributed by atoms with Crippen molar-refractivity contribution >= 4 is 27.9 Å². The number of amides is 1. The molecule has 1 aromatic rings. The number of unbranched alkanes of at least 4 members (excludes halogenated alkanes) is 7. The van der Waals surface area contributed by atoms with Gasteiger partial charge in [0.2, 0.25) is 15.9 Å². The molecule has 0 fully saturated rings. The van der Waals surface area contributed by atoms with Crippen LogP contribution in [0.1, 0.15) is 97.0 Å². The first kappa shape index (κ1) is 41.6. The molecule has 0 saturated heterocycles. The van der Waals surface area contributed by atoms with Gasteiger partial charge in [-0.1, -0.05) is 82.6 Å². The lowest BCUT2D eigenvalue weighted by Crippen LogP contribution is -2.54. The monoisotopic (exact) mass is 678 g/mol. The van der Waals surface area contributed by atoms with E-state index in [2.05, 4.69) is 28.8 Å². The number of carboxylic acids is 1. The third-order valence-electron chi connectivity index (χ3n) is 7.67. The maximum Gasteiger partial charge on any atom is 0.336 e. The summed E-state index contributed by atoms with van der Waals surface area (Å²) in [5, 5.41) is 23.7. The predicted molar refractivity (Wildman–Crippen MR) is 182 cm³/mol. The molecule has 11 nitrogen and oxygen atoms in total. The van der Waals surface area contributed by atoms with Crippen molar-refractivity contribution in [3.05, 3.63) is 42.0 Å². The Kier molecular flexibility index (Phi) is 20.4. The minimum atomic E-state index is -3.30. The molecule has 1 amide bonds. The maximum atomic E-state index is 13.5. The van der Waals surface area contributed by atoms with Crippen LogP contribution in [-0.2, 0) is 35.6 Å². The van der Waals surface area contributed by atoms with Crippen molar-refractivity contribution in [2.75, 3.05) is 26.0 Å². The quantitative estimate of drug-likeness (QED) is 0.0503. The van der Waals surface area contributed by atoms with Crippen molar-refractivity contribution in [2.24, 2.45) is 5.92 Å². The molecule has 0 radical (unpaired) electrons. The molecule has 3 atom stereocenters. The summed E-state index contributed by atoms with van der Waals surface area (Å²) in [6, 6.07) is 5.76. The molecule has 0 aliphatic rings. The highest BCUT2D eigenvalue weighted by Crippen LogP contribution is 2.27. The van der Waals surface area contributed by atoms with E-state index in [-0.39, 0.29) is 25.2 Å². The van der Waals surface area contributed by atoms with E-state index >= 15 is 0 Å². The van der Waals surface area contributed by atoms with Crippen LogP contribution in [0.2, 0.25) is 0 Å². The van der Waals surface area contributed by atoms with Crippen LogP contribution in [0.5, 0.6) is 5.75 Å². The summed E-state index contributed by atoms with van der Waals surface area (Å²) in [6.45, 7) is 6.21. The molecule has 0 unspecified atom stereocenters. The van der Waals surface area contributed by atoms with Gasteiger partial charge in [-0.3, -0.25) is 4.79 Å². The van der Waals surface area contributed by atoms with Crippen molar-refractivity contribution in [2.45, 2.75) is 109 Å². The van der Waals surface area contributed by atoms with Gasteiger partial charge in [-0.15, -0.1) is 5.92 Å². The number of carbonyl (C=O) groups is 3. The number of hydrogen-bond donors (Lipinski definition) is 4. The van der Waals surface area contributed by atoms with E-state index < -0.39 is 45.4 Å². The zero-order valence-corrected chi connectivity index (χ0v) is 29.2. The van der Waals surface area contributed by atoms with Crippen LogP contribution in [0.15, 0.2) is 36.4 Å². The minimum Gasteiger partial charge on any atom is -0.481 e. The Labute approximate surface area is 280 Å². The third kappa shape index (κ3) is 16.3. The topological polar surface area (TPSA) is 168 Å². The zero-order chi connectivity index (χ0) is 35.1. The number of esters is 1. The van der Waals surface area contributed by atoms with E-state index in [1.54, 1.807) is 44.2 Å². The van der Waals surface area contributed by atoms with Gasteiger partial charge >= 0.3 is 11.9 Å². The highest BCUT2D eigenvalue weighted by Gasteiger charge is 2.46. The van der Waals surface area contributed by atoms with Gasteiger partial charge in [-0.2, -0.15) is 0 Å². The fourth-order valence-corrected chi connectivity index (χ4v) is 6.16. The third-order valence-corrected chi connectivity index (χ3v) is 9.14. The number of rotatable bonds is 25. The van der Waals surface area contributed by atoms with Crippen LogP contribution >= 0.6 is 0 Å². The first-order valence-corrected chi connectivity index (χ1v) is 18.2. The number of sulfonamides is 1. The van der Waals surface area contributed by atoms with Gasteiger partial charge in [0.15, 0.2) is 5.60 Å². The van der Waals surface area contributed by atoms with Crippen molar-refractivity contribution in [3.8, 4) is 17.6 Å². The van der Waals surface area contributed by atoms with Gasteiger partial charge in [-0.25, -0.2) is 22.7 Å². The van der Waals surface area contributed by atoms with E-state index in [4.69, 9.17) is 9.47 Å². The number of aliphatic hydroxyl groups is 1. The second kappa shape index (κ2) is 23.0. The Morgan fingerprint density at radius 3 is 2.30 bits per heavy atom. The number of methoxy groups -OCH3 is 1. The first-order chi connectivity index (χ1) is 22.4. The molecular formula is C35H54N2O9S. The van der Waals surface area contributed by atoms with Gasteiger partial charge in [0.05, 0.1) is 18.8 Å². The Bertz CT molecular complexity index is 1290. The molecule has 0 heterocycles. The molecular weight excluding hydrogens is 624 g/mol. The van der Waals surface area contributed by atoms with Gasteiger partial charge in [-0.05, 0) is 56.7 Å². The van der Waals surface area contributed by atoms with Gasteiger partial charge in [0.1, 0.15) is 18.4 Å². The second-order valence-electron chi connectivity index (χ2n) is 11.5. The summed E-state index contributed by atoms with van der Waals surface area (Å²) in [7, 11) is -2.11. The van der Waals surface area contributed by atoms with Crippen LogP contribution in [0, 0.1) is 17.8 Å². The molecule has 0 bridgehead atoms. The van der Waals surface area contributed by atoms with E-state index in [1.807, 2.05) is 0 Å². The second-order valence-corrected chi connectivity index (χ2v) is 13.4. The average Bonchev–Trinajstić information content (AvgIpc) is 3.04. The zero-order valence-electron chi connectivity index (χ0n) is 28.4. The molecule has 1 rings (SSSR count). The van der Waals surface area contributed by atoms with E-state index in [0.29, 0.717) is 50.0 Å². The first-order valence-electron chi connectivity index (χ1n) is 16.5. The lowest BCUT2D eigenvalue weighted by molar-refractivity contribution is -0.167. The lowest BCUT2D eigenvalue weighted by atomic mass is 9.82. The number of allylic oxidation sites excluding steroid dienone is 1. The summed E-state index contributed by atoms with van der Waals surface area (Å²) in [5.41, 5.74) is -1.70. The van der Waals surface area contributed by atoms with Crippen LogP contribution in [-0.4, -0.2) is 74.1 Å². The molecule has 0 saturated carbocycles.